The molecule has 1 saturated carbocycles. The van der Waals surface area contributed by atoms with Gasteiger partial charge in [-0.25, -0.2) is 0 Å². The van der Waals surface area contributed by atoms with Crippen LogP contribution in [0.5, 0.6) is 0 Å². The molecule has 0 radical (unpaired) electrons. The number of hydrogen-bond acceptors (Lipinski definition) is 2. The van der Waals surface area contributed by atoms with Gasteiger partial charge in [-0.2, -0.15) is 0 Å². The van der Waals surface area contributed by atoms with Crippen LogP contribution in [0.3, 0.4) is 0 Å². The largest absolute Gasteiger partial charge is 0.341 e. The summed E-state index contributed by atoms with van der Waals surface area (Å²) in [6.07, 6.45) is 2.87. The van der Waals surface area contributed by atoms with Gasteiger partial charge in [0, 0.05) is 19.1 Å². The van der Waals surface area contributed by atoms with Gasteiger partial charge in [0.15, 0.2) is 0 Å². The van der Waals surface area contributed by atoms with Gasteiger partial charge in [-0.3, -0.25) is 4.79 Å². The van der Waals surface area contributed by atoms with Crippen molar-refractivity contribution in [1.29, 1.82) is 0 Å². The standard InChI is InChI=1S/C18H26N2O/c1-13-5-4-6-14(11-13)18(8-9-18)16(21)20-10-7-15(19)17(2,3)12-20/h4-6,11,15H,7-10,12,19H2,1-3H3. The Balaban J connectivity index is 1.82. The summed E-state index contributed by atoms with van der Waals surface area (Å²) < 4.78 is 0. The van der Waals surface area contributed by atoms with Crippen molar-refractivity contribution in [3.8, 4) is 0 Å². The predicted molar refractivity (Wildman–Crippen MR) is 85.0 cm³/mol. The van der Waals surface area contributed by atoms with E-state index in [1.54, 1.807) is 0 Å². The highest BCUT2D eigenvalue weighted by atomic mass is 16.2. The number of rotatable bonds is 2. The monoisotopic (exact) mass is 286 g/mol. The summed E-state index contributed by atoms with van der Waals surface area (Å²) in [7, 11) is 0. The topological polar surface area (TPSA) is 46.3 Å². The molecular weight excluding hydrogens is 260 g/mol. The lowest BCUT2D eigenvalue weighted by Crippen LogP contribution is -2.55. The molecule has 1 amide bonds. The molecular formula is C18H26N2O. The highest BCUT2D eigenvalue weighted by Crippen LogP contribution is 2.50. The van der Waals surface area contributed by atoms with Crippen molar-refractivity contribution in [2.75, 3.05) is 13.1 Å². The van der Waals surface area contributed by atoms with E-state index in [1.807, 2.05) is 0 Å². The third kappa shape index (κ3) is 2.48. The number of aryl methyl sites for hydroxylation is 1. The minimum Gasteiger partial charge on any atom is -0.341 e. The normalized spacial score (nSPS) is 26.5. The molecule has 1 aliphatic carbocycles. The van der Waals surface area contributed by atoms with Gasteiger partial charge in [-0.05, 0) is 37.2 Å². The van der Waals surface area contributed by atoms with E-state index >= 15 is 0 Å². The highest BCUT2D eigenvalue weighted by Gasteiger charge is 2.54. The second-order valence-electron chi connectivity index (χ2n) is 7.56. The average Bonchev–Trinajstić information content (AvgIpc) is 3.22. The Labute approximate surface area is 127 Å². The van der Waals surface area contributed by atoms with E-state index in [-0.39, 0.29) is 16.9 Å². The lowest BCUT2D eigenvalue weighted by molar-refractivity contribution is -0.137. The van der Waals surface area contributed by atoms with Crippen LogP contribution >= 0.6 is 0 Å². The van der Waals surface area contributed by atoms with Crippen LogP contribution in [0.4, 0.5) is 0 Å². The Hall–Kier alpha value is -1.35. The highest BCUT2D eigenvalue weighted by molar-refractivity contribution is 5.91. The van der Waals surface area contributed by atoms with Crippen molar-refractivity contribution in [1.82, 2.24) is 4.90 Å². The van der Waals surface area contributed by atoms with Gasteiger partial charge >= 0.3 is 0 Å². The average molecular weight is 286 g/mol. The Morgan fingerprint density at radius 2 is 2.05 bits per heavy atom. The molecule has 0 bridgehead atoms. The number of carbonyl (C=O) groups excluding carboxylic acids is 1. The Bertz CT molecular complexity index is 560. The van der Waals surface area contributed by atoms with Gasteiger partial charge in [0.1, 0.15) is 0 Å². The first-order valence-electron chi connectivity index (χ1n) is 7.97. The van der Waals surface area contributed by atoms with Crippen molar-refractivity contribution in [3.05, 3.63) is 35.4 Å². The molecule has 21 heavy (non-hydrogen) atoms. The first kappa shape index (κ1) is 14.6. The van der Waals surface area contributed by atoms with E-state index in [1.165, 1.54) is 11.1 Å². The molecule has 1 unspecified atom stereocenters. The number of nitrogens with two attached hydrogens (primary N) is 1. The Morgan fingerprint density at radius 1 is 1.33 bits per heavy atom. The number of benzene rings is 1. The molecule has 3 nitrogen and oxygen atoms in total. The molecule has 2 N–H and O–H groups in total. The fraction of sp³-hybridized carbons (Fsp3) is 0.611. The molecule has 0 spiro atoms. The number of piperidine rings is 1. The van der Waals surface area contributed by atoms with Gasteiger partial charge < -0.3 is 10.6 Å². The molecule has 114 valence electrons. The van der Waals surface area contributed by atoms with Crippen molar-refractivity contribution < 1.29 is 4.79 Å². The van der Waals surface area contributed by atoms with E-state index < -0.39 is 0 Å². The second-order valence-corrected chi connectivity index (χ2v) is 7.56. The van der Waals surface area contributed by atoms with Crippen molar-refractivity contribution >= 4 is 5.91 Å². The molecule has 0 aromatic heterocycles. The fourth-order valence-electron chi connectivity index (χ4n) is 3.54. The molecule has 1 saturated heterocycles. The lowest BCUT2D eigenvalue weighted by Gasteiger charge is -2.43. The van der Waals surface area contributed by atoms with Crippen molar-refractivity contribution in [3.63, 3.8) is 0 Å². The molecule has 3 heteroatoms. The lowest BCUT2D eigenvalue weighted by atomic mass is 9.79. The first-order chi connectivity index (χ1) is 9.85. The quantitative estimate of drug-likeness (QED) is 0.908. The zero-order chi connectivity index (χ0) is 15.3. The molecule has 1 atom stereocenters. The number of likely N-dealkylation sites (tertiary alicyclic amines) is 1. The molecule has 2 fully saturated rings. The summed E-state index contributed by atoms with van der Waals surface area (Å²) in [5, 5.41) is 0. The number of carbonyl (C=O) groups is 1. The van der Waals surface area contributed by atoms with Crippen LogP contribution in [0.15, 0.2) is 24.3 Å². The molecule has 2 aliphatic rings. The summed E-state index contributed by atoms with van der Waals surface area (Å²) in [6, 6.07) is 8.63. The summed E-state index contributed by atoms with van der Waals surface area (Å²) in [5.41, 5.74) is 8.38. The van der Waals surface area contributed by atoms with Crippen LogP contribution < -0.4 is 5.73 Å². The summed E-state index contributed by atoms with van der Waals surface area (Å²) in [6.45, 7) is 8.01. The summed E-state index contributed by atoms with van der Waals surface area (Å²) >= 11 is 0. The summed E-state index contributed by atoms with van der Waals surface area (Å²) in [4.78, 5) is 15.1. The van der Waals surface area contributed by atoms with Gasteiger partial charge in [-0.15, -0.1) is 0 Å². The van der Waals surface area contributed by atoms with Crippen molar-refractivity contribution in [2.45, 2.75) is 51.5 Å². The van der Waals surface area contributed by atoms with E-state index in [9.17, 15) is 4.79 Å². The van der Waals surface area contributed by atoms with E-state index in [4.69, 9.17) is 5.73 Å². The fourth-order valence-corrected chi connectivity index (χ4v) is 3.54. The minimum atomic E-state index is -0.246. The maximum Gasteiger partial charge on any atom is 0.233 e. The van der Waals surface area contributed by atoms with E-state index in [2.05, 4.69) is 49.9 Å². The third-order valence-corrected chi connectivity index (χ3v) is 5.33. The Morgan fingerprint density at radius 3 is 2.62 bits per heavy atom. The van der Waals surface area contributed by atoms with Crippen LogP contribution in [0.25, 0.3) is 0 Å². The maximum absolute atomic E-state index is 13.1. The molecule has 1 aromatic carbocycles. The number of nitrogens with zero attached hydrogens (tertiary/aromatic N) is 1. The van der Waals surface area contributed by atoms with E-state index in [0.29, 0.717) is 5.91 Å². The van der Waals surface area contributed by atoms with Gasteiger partial charge in [0.2, 0.25) is 5.91 Å². The zero-order valence-electron chi connectivity index (χ0n) is 13.4. The van der Waals surface area contributed by atoms with Crippen LogP contribution in [0, 0.1) is 12.3 Å². The van der Waals surface area contributed by atoms with Crippen LogP contribution in [0.1, 0.15) is 44.2 Å². The first-order valence-corrected chi connectivity index (χ1v) is 7.97. The van der Waals surface area contributed by atoms with Crippen molar-refractivity contribution in [2.24, 2.45) is 11.1 Å². The van der Waals surface area contributed by atoms with Crippen LogP contribution in [-0.4, -0.2) is 29.9 Å². The smallest absolute Gasteiger partial charge is 0.233 e. The molecule has 1 aliphatic heterocycles. The zero-order valence-corrected chi connectivity index (χ0v) is 13.4. The third-order valence-electron chi connectivity index (χ3n) is 5.33. The van der Waals surface area contributed by atoms with Gasteiger partial charge in [0.25, 0.3) is 0 Å². The van der Waals surface area contributed by atoms with Gasteiger partial charge in [-0.1, -0.05) is 43.7 Å². The molecule has 1 heterocycles. The molecule has 1 aromatic rings. The van der Waals surface area contributed by atoms with E-state index in [0.717, 1.165) is 32.4 Å². The summed E-state index contributed by atoms with van der Waals surface area (Å²) in [5.74, 6) is 0.313. The van der Waals surface area contributed by atoms with Crippen LogP contribution in [0.2, 0.25) is 0 Å². The minimum absolute atomic E-state index is 0.0105. The van der Waals surface area contributed by atoms with Gasteiger partial charge in [0.05, 0.1) is 5.41 Å². The number of amides is 1. The second kappa shape index (κ2) is 4.84. The number of hydrogen-bond donors (Lipinski definition) is 1. The molecule has 3 rings (SSSR count). The SMILES string of the molecule is Cc1cccc(C2(C(=O)N3CCC(N)C(C)(C)C3)CC2)c1. The maximum atomic E-state index is 13.1. The predicted octanol–water partition coefficient (Wildman–Crippen LogP) is 2.61. The Kier molecular flexibility index (Phi) is 3.36. The van der Waals surface area contributed by atoms with Crippen LogP contribution in [-0.2, 0) is 10.2 Å².